The Morgan fingerprint density at radius 3 is 2.64 bits per heavy atom. The number of anilines is 1. The third-order valence-corrected chi connectivity index (χ3v) is 9.86. The monoisotopic (exact) mass is 610 g/mol. The van der Waals surface area contributed by atoms with Gasteiger partial charge >= 0.3 is 15.2 Å². The van der Waals surface area contributed by atoms with Crippen LogP contribution in [0.1, 0.15) is 24.8 Å². The fraction of sp³-hybridized carbons (Fsp3) is 0.429. The molecule has 3 heterocycles. The molecule has 0 amide bonds. The van der Waals surface area contributed by atoms with Gasteiger partial charge in [-0.15, -0.1) is 0 Å². The third kappa shape index (κ3) is 6.34. The average molecular weight is 611 g/mol. The van der Waals surface area contributed by atoms with Crippen molar-refractivity contribution in [2.45, 2.75) is 37.0 Å². The number of rotatable bonds is 10. The molecule has 0 saturated carbocycles. The van der Waals surface area contributed by atoms with Crippen LogP contribution in [0.5, 0.6) is 0 Å². The minimum Gasteiger partial charge on any atom is -0.393 e. The van der Waals surface area contributed by atoms with Crippen molar-refractivity contribution in [1.29, 1.82) is 0 Å². The quantitative estimate of drug-likeness (QED) is 0.129. The molecule has 0 radical (unpaired) electrons. The van der Waals surface area contributed by atoms with Gasteiger partial charge in [0, 0.05) is 5.56 Å². The zero-order valence-electron chi connectivity index (χ0n) is 20.2. The second kappa shape index (κ2) is 11.1. The van der Waals surface area contributed by atoms with Crippen LogP contribution in [0.25, 0.3) is 11.0 Å². The summed E-state index contributed by atoms with van der Waals surface area (Å²) >= 11 is 6.22. The second-order valence-corrected chi connectivity index (χ2v) is 13.4. The lowest BCUT2D eigenvalue weighted by molar-refractivity contribution is -0.117. The van der Waals surface area contributed by atoms with Gasteiger partial charge in [0.05, 0.1) is 36.5 Å². The van der Waals surface area contributed by atoms with Gasteiger partial charge in [-0.3, -0.25) is 9.13 Å². The first-order chi connectivity index (χ1) is 18.1. The number of hydrogen-bond acceptors (Lipinski definition) is 10. The van der Waals surface area contributed by atoms with Crippen LogP contribution in [0, 0.1) is 5.82 Å². The van der Waals surface area contributed by atoms with Crippen molar-refractivity contribution in [3.8, 4) is 0 Å². The first-order valence-corrected chi connectivity index (χ1v) is 15.3. The Labute approximate surface area is 225 Å². The number of fused-ring (bicyclic) bond motifs is 1. The number of aliphatic hydroxyl groups is 3. The molecule has 39 heavy (non-hydrogen) atoms. The maximum absolute atomic E-state index is 14.3. The maximum Gasteiger partial charge on any atom is 0.340 e. The van der Waals surface area contributed by atoms with Crippen LogP contribution in [0.15, 0.2) is 36.5 Å². The van der Waals surface area contributed by atoms with Crippen molar-refractivity contribution in [3.05, 3.63) is 53.1 Å². The van der Waals surface area contributed by atoms with Crippen molar-refractivity contribution < 1.29 is 52.8 Å². The van der Waals surface area contributed by atoms with Crippen molar-refractivity contribution >= 4 is 43.5 Å². The first kappa shape index (κ1) is 30.0. The zero-order valence-corrected chi connectivity index (χ0v) is 22.7. The van der Waals surface area contributed by atoms with Gasteiger partial charge in [0.1, 0.15) is 28.8 Å². The van der Waals surface area contributed by atoms with Gasteiger partial charge in [0.15, 0.2) is 17.8 Å². The standard InChI is InChI=1S/C21H26ClFN4O10P2/c1-11(12-4-2-3-5-14(12)23)25-15-6-17(22)26-19-13(15)7-24-27(19)20-18(29)21(30,9-28)16(37-20)8-36-39(34,35)10-38(31,32)33/h2-7,11,16,18,20,28-30H,8-10H2,1H3,(H,25,26)(H,34,35)(H2,31,32,33)/t11-,16+,18-,20+,21+/m0/s1. The van der Waals surface area contributed by atoms with Crippen molar-refractivity contribution in [2.24, 2.45) is 0 Å². The van der Waals surface area contributed by atoms with Crippen molar-refractivity contribution in [2.75, 3.05) is 24.4 Å². The minimum atomic E-state index is -4.92. The zero-order chi connectivity index (χ0) is 28.8. The van der Waals surface area contributed by atoms with Gasteiger partial charge in [-0.2, -0.15) is 5.10 Å². The molecule has 6 atom stereocenters. The third-order valence-electron chi connectivity index (χ3n) is 6.21. The number of nitrogens with one attached hydrogen (secondary N) is 1. The number of pyridine rings is 1. The average Bonchev–Trinajstić information content (AvgIpc) is 3.35. The highest BCUT2D eigenvalue weighted by Gasteiger charge is 2.57. The molecular weight excluding hydrogens is 585 g/mol. The second-order valence-electron chi connectivity index (χ2n) is 9.06. The summed E-state index contributed by atoms with van der Waals surface area (Å²) in [5.41, 5.74) is -1.55. The Morgan fingerprint density at radius 2 is 2.00 bits per heavy atom. The highest BCUT2D eigenvalue weighted by molar-refractivity contribution is 7.70. The Balaban J connectivity index is 1.62. The molecule has 1 aliphatic heterocycles. The number of benzene rings is 1. The molecule has 18 heteroatoms. The summed E-state index contributed by atoms with van der Waals surface area (Å²) in [5, 5.41) is 39.3. The molecule has 3 aromatic rings. The molecule has 7 N–H and O–H groups in total. The van der Waals surface area contributed by atoms with E-state index in [2.05, 4.69) is 15.4 Å². The molecular formula is C21H26ClFN4O10P2. The molecule has 2 aromatic heterocycles. The van der Waals surface area contributed by atoms with Gasteiger partial charge in [-0.05, 0) is 19.1 Å². The SMILES string of the molecule is C[C@H](Nc1cc(Cl)nc2c1cnn2[C@@H]1O[C@H](COP(=O)(O)CP(=O)(O)O)[C@](O)(CO)[C@H]1O)c1ccccc1F. The molecule has 214 valence electrons. The predicted molar refractivity (Wildman–Crippen MR) is 136 cm³/mol. The van der Waals surface area contributed by atoms with E-state index in [0.29, 0.717) is 16.6 Å². The smallest absolute Gasteiger partial charge is 0.340 e. The first-order valence-electron chi connectivity index (χ1n) is 11.4. The van der Waals surface area contributed by atoms with E-state index in [1.807, 2.05) is 0 Å². The summed E-state index contributed by atoms with van der Waals surface area (Å²) in [6, 6.07) is 7.17. The molecule has 1 aliphatic rings. The van der Waals surface area contributed by atoms with Gasteiger partial charge in [-0.25, -0.2) is 14.1 Å². The Kier molecular flexibility index (Phi) is 8.54. The van der Waals surface area contributed by atoms with E-state index in [-0.39, 0.29) is 10.8 Å². The Hall–Kier alpha value is -2.00. The van der Waals surface area contributed by atoms with Crippen molar-refractivity contribution in [1.82, 2.24) is 14.8 Å². The minimum absolute atomic E-state index is 0.00377. The lowest BCUT2D eigenvalue weighted by Crippen LogP contribution is -2.52. The van der Waals surface area contributed by atoms with Crippen LogP contribution in [0.2, 0.25) is 5.15 Å². The highest BCUT2D eigenvalue weighted by atomic mass is 35.5. The molecule has 1 aromatic carbocycles. The fourth-order valence-corrected chi connectivity index (χ4v) is 7.00. The van der Waals surface area contributed by atoms with Crippen LogP contribution in [-0.4, -0.2) is 81.7 Å². The van der Waals surface area contributed by atoms with Gasteiger partial charge in [0.2, 0.25) is 0 Å². The van der Waals surface area contributed by atoms with Crippen LogP contribution in [0.3, 0.4) is 0 Å². The normalized spacial score (nSPS) is 26.0. The molecule has 1 saturated heterocycles. The molecule has 0 aliphatic carbocycles. The number of hydrogen-bond donors (Lipinski definition) is 7. The Bertz CT molecular complexity index is 1460. The summed E-state index contributed by atoms with van der Waals surface area (Å²) < 4.78 is 48.9. The van der Waals surface area contributed by atoms with E-state index in [1.165, 1.54) is 18.3 Å². The largest absolute Gasteiger partial charge is 0.393 e. The van der Waals surface area contributed by atoms with E-state index in [1.54, 1.807) is 25.1 Å². The van der Waals surface area contributed by atoms with E-state index in [0.717, 1.165) is 4.68 Å². The van der Waals surface area contributed by atoms with Crippen LogP contribution in [0.4, 0.5) is 10.1 Å². The van der Waals surface area contributed by atoms with Gasteiger partial charge in [0.25, 0.3) is 0 Å². The number of nitrogens with zero attached hydrogens (tertiary/aromatic N) is 3. The molecule has 1 unspecified atom stereocenters. The van der Waals surface area contributed by atoms with E-state index in [4.69, 9.17) is 30.6 Å². The predicted octanol–water partition coefficient (Wildman–Crippen LogP) is 1.72. The molecule has 4 rings (SSSR count). The topological polar surface area (TPSA) is 217 Å². The van der Waals surface area contributed by atoms with E-state index < -0.39 is 70.2 Å². The lowest BCUT2D eigenvalue weighted by atomic mass is 9.93. The summed E-state index contributed by atoms with van der Waals surface area (Å²) in [7, 11) is -9.76. The summed E-state index contributed by atoms with van der Waals surface area (Å²) in [6.45, 7) is -0.267. The number of aromatic nitrogens is 3. The van der Waals surface area contributed by atoms with Crippen LogP contribution in [-0.2, 0) is 18.4 Å². The summed E-state index contributed by atoms with van der Waals surface area (Å²) in [5.74, 6) is -1.90. The van der Waals surface area contributed by atoms with E-state index in [9.17, 15) is 33.7 Å². The number of aliphatic hydroxyl groups excluding tert-OH is 2. The maximum atomic E-state index is 14.3. The number of ether oxygens (including phenoxy) is 1. The number of halogens is 2. The fourth-order valence-electron chi connectivity index (χ4n) is 4.26. The summed E-state index contributed by atoms with van der Waals surface area (Å²) in [6.07, 6.45) is -3.64. The lowest BCUT2D eigenvalue weighted by Gasteiger charge is -2.28. The molecule has 0 bridgehead atoms. The molecule has 14 nitrogen and oxygen atoms in total. The Morgan fingerprint density at radius 1 is 1.31 bits per heavy atom. The van der Waals surface area contributed by atoms with Crippen molar-refractivity contribution in [3.63, 3.8) is 0 Å². The van der Waals surface area contributed by atoms with Gasteiger partial charge < -0.3 is 44.6 Å². The van der Waals surface area contributed by atoms with E-state index >= 15 is 0 Å². The molecule has 0 spiro atoms. The van der Waals surface area contributed by atoms with Gasteiger partial charge in [-0.1, -0.05) is 29.8 Å². The van der Waals surface area contributed by atoms with Crippen LogP contribution < -0.4 is 5.32 Å². The molecule has 1 fully saturated rings. The van der Waals surface area contributed by atoms with Crippen LogP contribution >= 0.6 is 26.8 Å². The summed E-state index contributed by atoms with van der Waals surface area (Å²) in [4.78, 5) is 31.9. The highest BCUT2D eigenvalue weighted by Crippen LogP contribution is 2.56.